The topological polar surface area (TPSA) is 67.4 Å². The SMILES string of the molecule is COC(=O)C=Cc1ccccc1NC(=O)Nc1ccc(C2CCCCC2)cc1. The van der Waals surface area contributed by atoms with Gasteiger partial charge in [0.25, 0.3) is 0 Å². The number of carbonyl (C=O) groups excluding carboxylic acids is 2. The quantitative estimate of drug-likeness (QED) is 0.528. The number of amides is 2. The van der Waals surface area contributed by atoms with Crippen LogP contribution in [0.25, 0.3) is 6.08 Å². The average Bonchev–Trinajstić information content (AvgIpc) is 2.74. The Morgan fingerprint density at radius 3 is 2.39 bits per heavy atom. The molecule has 0 bridgehead atoms. The fraction of sp³-hybridized carbons (Fsp3) is 0.304. The van der Waals surface area contributed by atoms with Crippen LogP contribution < -0.4 is 10.6 Å². The molecule has 0 aliphatic heterocycles. The summed E-state index contributed by atoms with van der Waals surface area (Å²) >= 11 is 0. The number of benzene rings is 2. The third kappa shape index (κ3) is 5.46. The lowest BCUT2D eigenvalue weighted by Crippen LogP contribution is -2.20. The molecule has 2 amide bonds. The number of ether oxygens (including phenoxy) is 1. The highest BCUT2D eigenvalue weighted by Crippen LogP contribution is 2.33. The second-order valence-corrected chi connectivity index (χ2v) is 6.98. The lowest BCUT2D eigenvalue weighted by molar-refractivity contribution is -0.134. The zero-order valence-corrected chi connectivity index (χ0v) is 16.1. The molecule has 0 saturated heterocycles. The van der Waals surface area contributed by atoms with Crippen LogP contribution in [0.3, 0.4) is 0 Å². The molecule has 2 N–H and O–H groups in total. The number of nitrogens with one attached hydrogen (secondary N) is 2. The largest absolute Gasteiger partial charge is 0.466 e. The van der Waals surface area contributed by atoms with Gasteiger partial charge >= 0.3 is 12.0 Å². The number of anilines is 2. The number of rotatable bonds is 5. The van der Waals surface area contributed by atoms with Gasteiger partial charge in [-0.15, -0.1) is 0 Å². The normalized spacial score (nSPS) is 14.6. The maximum absolute atomic E-state index is 12.4. The van der Waals surface area contributed by atoms with Crippen LogP contribution in [-0.4, -0.2) is 19.1 Å². The Morgan fingerprint density at radius 1 is 0.964 bits per heavy atom. The third-order valence-electron chi connectivity index (χ3n) is 5.05. The monoisotopic (exact) mass is 378 g/mol. The number of esters is 1. The van der Waals surface area contributed by atoms with E-state index in [0.29, 0.717) is 11.6 Å². The molecule has 1 fully saturated rings. The van der Waals surface area contributed by atoms with Gasteiger partial charge in [-0.05, 0) is 54.2 Å². The predicted octanol–water partition coefficient (Wildman–Crippen LogP) is 5.56. The Labute approximate surface area is 165 Å². The van der Waals surface area contributed by atoms with Gasteiger partial charge in [0.1, 0.15) is 0 Å². The van der Waals surface area contributed by atoms with E-state index >= 15 is 0 Å². The summed E-state index contributed by atoms with van der Waals surface area (Å²) in [6, 6.07) is 15.0. The molecule has 1 aliphatic carbocycles. The fourth-order valence-corrected chi connectivity index (χ4v) is 3.54. The number of hydrogen-bond acceptors (Lipinski definition) is 3. The van der Waals surface area contributed by atoms with Crippen LogP contribution in [0.2, 0.25) is 0 Å². The first-order valence-electron chi connectivity index (χ1n) is 9.69. The van der Waals surface area contributed by atoms with Crippen molar-refractivity contribution in [1.29, 1.82) is 0 Å². The summed E-state index contributed by atoms with van der Waals surface area (Å²) in [6.07, 6.45) is 9.38. The number of para-hydroxylation sites is 1. The van der Waals surface area contributed by atoms with Crippen LogP contribution in [0.4, 0.5) is 16.2 Å². The minimum Gasteiger partial charge on any atom is -0.466 e. The minimum atomic E-state index is -0.447. The fourth-order valence-electron chi connectivity index (χ4n) is 3.54. The van der Waals surface area contributed by atoms with Gasteiger partial charge in [0, 0.05) is 17.5 Å². The van der Waals surface area contributed by atoms with E-state index in [0.717, 1.165) is 11.3 Å². The van der Waals surface area contributed by atoms with Crippen molar-refractivity contribution in [1.82, 2.24) is 0 Å². The lowest BCUT2D eigenvalue weighted by atomic mass is 9.84. The smallest absolute Gasteiger partial charge is 0.330 e. The molecule has 5 nitrogen and oxygen atoms in total. The Bertz CT molecular complexity index is 837. The summed E-state index contributed by atoms with van der Waals surface area (Å²) in [5.41, 5.74) is 3.43. The molecule has 1 saturated carbocycles. The summed E-state index contributed by atoms with van der Waals surface area (Å²) in [5, 5.41) is 5.68. The van der Waals surface area contributed by atoms with Crippen molar-refractivity contribution < 1.29 is 14.3 Å². The summed E-state index contributed by atoms with van der Waals surface area (Å²) in [6.45, 7) is 0. The van der Waals surface area contributed by atoms with E-state index in [1.165, 1.54) is 50.9 Å². The second kappa shape index (κ2) is 9.74. The van der Waals surface area contributed by atoms with Gasteiger partial charge in [0.05, 0.1) is 7.11 Å². The molecule has 0 unspecified atom stereocenters. The maximum Gasteiger partial charge on any atom is 0.330 e. The molecule has 5 heteroatoms. The Morgan fingerprint density at radius 2 is 1.68 bits per heavy atom. The zero-order chi connectivity index (χ0) is 19.8. The van der Waals surface area contributed by atoms with Crippen molar-refractivity contribution in [2.75, 3.05) is 17.7 Å². The summed E-state index contributed by atoms with van der Waals surface area (Å²) in [4.78, 5) is 23.7. The van der Waals surface area contributed by atoms with Gasteiger partial charge in [-0.2, -0.15) is 0 Å². The average molecular weight is 378 g/mol. The summed E-state index contributed by atoms with van der Waals surface area (Å²) in [5.74, 6) is 0.197. The highest BCUT2D eigenvalue weighted by Gasteiger charge is 2.15. The van der Waals surface area contributed by atoms with Crippen LogP contribution in [0.1, 0.15) is 49.1 Å². The number of urea groups is 1. The van der Waals surface area contributed by atoms with Crippen LogP contribution in [0.15, 0.2) is 54.6 Å². The van der Waals surface area contributed by atoms with Gasteiger partial charge in [0.2, 0.25) is 0 Å². The molecule has 0 aromatic heterocycles. The van der Waals surface area contributed by atoms with Crippen molar-refractivity contribution in [3.05, 3.63) is 65.7 Å². The Kier molecular flexibility index (Phi) is 6.84. The first-order valence-corrected chi connectivity index (χ1v) is 9.69. The third-order valence-corrected chi connectivity index (χ3v) is 5.05. The van der Waals surface area contributed by atoms with E-state index in [1.807, 2.05) is 30.3 Å². The van der Waals surface area contributed by atoms with E-state index in [-0.39, 0.29) is 6.03 Å². The Hall–Kier alpha value is -3.08. The van der Waals surface area contributed by atoms with Gasteiger partial charge in [0.15, 0.2) is 0 Å². The van der Waals surface area contributed by atoms with Crippen LogP contribution >= 0.6 is 0 Å². The van der Waals surface area contributed by atoms with Gasteiger partial charge in [-0.3, -0.25) is 0 Å². The molecule has 0 spiro atoms. The first-order chi connectivity index (χ1) is 13.7. The van der Waals surface area contributed by atoms with Gasteiger partial charge in [-0.1, -0.05) is 49.6 Å². The predicted molar refractivity (Wildman–Crippen MR) is 112 cm³/mol. The van der Waals surface area contributed by atoms with Crippen molar-refractivity contribution in [3.63, 3.8) is 0 Å². The second-order valence-electron chi connectivity index (χ2n) is 6.98. The van der Waals surface area contributed by atoms with E-state index in [1.54, 1.807) is 12.1 Å². The zero-order valence-electron chi connectivity index (χ0n) is 16.1. The molecule has 0 heterocycles. The van der Waals surface area contributed by atoms with Gasteiger partial charge in [-0.25, -0.2) is 9.59 Å². The molecule has 28 heavy (non-hydrogen) atoms. The Balaban J connectivity index is 1.61. The van der Waals surface area contributed by atoms with Crippen LogP contribution in [-0.2, 0) is 9.53 Å². The molecular formula is C23H26N2O3. The molecule has 0 radical (unpaired) electrons. The van der Waals surface area contributed by atoms with Crippen molar-refractivity contribution in [3.8, 4) is 0 Å². The molecule has 3 rings (SSSR count). The molecule has 2 aromatic rings. The van der Waals surface area contributed by atoms with Crippen molar-refractivity contribution in [2.45, 2.75) is 38.0 Å². The summed E-state index contributed by atoms with van der Waals surface area (Å²) < 4.78 is 4.60. The number of carbonyl (C=O) groups is 2. The minimum absolute atomic E-state index is 0.329. The van der Waals surface area contributed by atoms with Gasteiger partial charge < -0.3 is 15.4 Å². The van der Waals surface area contributed by atoms with E-state index in [9.17, 15) is 9.59 Å². The molecule has 0 atom stereocenters. The molecule has 146 valence electrons. The molecule has 2 aromatic carbocycles. The van der Waals surface area contributed by atoms with Crippen LogP contribution in [0.5, 0.6) is 0 Å². The highest BCUT2D eigenvalue weighted by molar-refractivity contribution is 6.01. The molecule has 1 aliphatic rings. The summed E-state index contributed by atoms with van der Waals surface area (Å²) in [7, 11) is 1.32. The lowest BCUT2D eigenvalue weighted by Gasteiger charge is -2.22. The number of methoxy groups -OCH3 is 1. The molecular weight excluding hydrogens is 352 g/mol. The standard InChI is InChI=1S/C23H26N2O3/c1-28-22(26)16-13-19-9-5-6-10-21(19)25-23(27)24-20-14-11-18(12-15-20)17-7-3-2-4-8-17/h5-6,9-17H,2-4,7-8H2,1H3,(H2,24,25,27). The van der Waals surface area contributed by atoms with E-state index < -0.39 is 5.97 Å². The van der Waals surface area contributed by atoms with Crippen LogP contribution in [0, 0.1) is 0 Å². The van der Waals surface area contributed by atoms with Crippen molar-refractivity contribution >= 4 is 29.5 Å². The van der Waals surface area contributed by atoms with Crippen molar-refractivity contribution in [2.24, 2.45) is 0 Å². The first kappa shape index (κ1) is 19.7. The maximum atomic E-state index is 12.4. The highest BCUT2D eigenvalue weighted by atomic mass is 16.5. The number of hydrogen-bond donors (Lipinski definition) is 2. The van der Waals surface area contributed by atoms with E-state index in [2.05, 4.69) is 27.5 Å². The van der Waals surface area contributed by atoms with E-state index in [4.69, 9.17) is 0 Å².